The van der Waals surface area contributed by atoms with Gasteiger partial charge in [0.1, 0.15) is 17.7 Å². The number of nitrogens with two attached hydrogens (primary N) is 1. The molecule has 4 N–H and O–H groups in total. The Morgan fingerprint density at radius 2 is 1.82 bits per heavy atom. The molecule has 34 heavy (non-hydrogen) atoms. The zero-order valence-electron chi connectivity index (χ0n) is 20.4. The Kier molecular flexibility index (Phi) is 8.15. The predicted octanol–water partition coefficient (Wildman–Crippen LogP) is 3.86. The molecule has 182 valence electrons. The van der Waals surface area contributed by atoms with Crippen LogP contribution in [-0.2, 0) is 4.79 Å². The number of esters is 1. The average Bonchev–Trinajstić information content (AvgIpc) is 3.38. The minimum atomic E-state index is -0.556. The van der Waals surface area contributed by atoms with E-state index < -0.39 is 12.0 Å². The van der Waals surface area contributed by atoms with Crippen LogP contribution in [0.15, 0.2) is 42.5 Å². The van der Waals surface area contributed by atoms with Crippen molar-refractivity contribution in [3.63, 3.8) is 0 Å². The Bertz CT molecular complexity index is 1050. The molecule has 2 aromatic rings. The molecule has 0 aliphatic carbocycles. The number of anilines is 1. The lowest BCUT2D eigenvalue weighted by molar-refractivity contribution is -0.137. The minimum absolute atomic E-state index is 0.00657. The van der Waals surface area contributed by atoms with E-state index in [0.717, 1.165) is 43.6 Å². The van der Waals surface area contributed by atoms with Crippen molar-refractivity contribution in [3.8, 4) is 11.5 Å². The molecule has 3 rings (SSSR count). The summed E-state index contributed by atoms with van der Waals surface area (Å²) < 4.78 is 11.4. The summed E-state index contributed by atoms with van der Waals surface area (Å²) in [7, 11) is 3.37. The summed E-state index contributed by atoms with van der Waals surface area (Å²) in [5.74, 6) is 0.778. The van der Waals surface area contributed by atoms with Gasteiger partial charge in [-0.05, 0) is 49.1 Å². The highest BCUT2D eigenvalue weighted by Crippen LogP contribution is 2.31. The van der Waals surface area contributed by atoms with Crippen LogP contribution >= 0.6 is 0 Å². The molecule has 1 heterocycles. The van der Waals surface area contributed by atoms with E-state index in [-0.39, 0.29) is 11.8 Å². The van der Waals surface area contributed by atoms with Gasteiger partial charge in [-0.2, -0.15) is 0 Å². The van der Waals surface area contributed by atoms with Crippen molar-refractivity contribution in [2.24, 2.45) is 11.7 Å². The third-order valence-electron chi connectivity index (χ3n) is 6.48. The summed E-state index contributed by atoms with van der Waals surface area (Å²) in [6, 6.07) is 12.0. The second kappa shape index (κ2) is 11.0. The minimum Gasteiger partial charge on any atom is -0.493 e. The molecule has 0 amide bonds. The lowest BCUT2D eigenvalue weighted by Crippen LogP contribution is -2.45. The van der Waals surface area contributed by atoms with Gasteiger partial charge < -0.3 is 25.0 Å². The Balaban J connectivity index is 1.84. The predicted molar refractivity (Wildman–Crippen MR) is 135 cm³/mol. The largest absolute Gasteiger partial charge is 0.493 e. The van der Waals surface area contributed by atoms with Crippen molar-refractivity contribution in [3.05, 3.63) is 53.6 Å². The summed E-state index contributed by atoms with van der Waals surface area (Å²) >= 11 is 0. The smallest absolute Gasteiger partial charge is 0.334 e. The van der Waals surface area contributed by atoms with Gasteiger partial charge in [-0.15, -0.1) is 0 Å². The second-order valence-electron chi connectivity index (χ2n) is 8.73. The number of rotatable bonds is 9. The van der Waals surface area contributed by atoms with Crippen LogP contribution in [0.4, 0.5) is 5.69 Å². The van der Waals surface area contributed by atoms with Crippen LogP contribution in [0.2, 0.25) is 0 Å². The zero-order chi connectivity index (χ0) is 24.8. The molecule has 0 saturated carbocycles. The standard InChI is InChI=1S/C26H35N5O3/c1-5-17(2)23(30(3)20-10-8-9-18(15-20)24(27)28)26(32)34-21-12-11-19(16-22(21)33-4)25(29)31-13-6-7-14-31/h8-12,15-17,23,29H,5-7,13-14H2,1-4H3,(H3,27,28)/t17-,23-/m0/s1. The van der Waals surface area contributed by atoms with E-state index in [0.29, 0.717) is 22.9 Å². The number of hydrogen-bond acceptors (Lipinski definition) is 6. The van der Waals surface area contributed by atoms with E-state index in [4.69, 9.17) is 26.0 Å². The van der Waals surface area contributed by atoms with Gasteiger partial charge >= 0.3 is 5.97 Å². The Morgan fingerprint density at radius 3 is 2.44 bits per heavy atom. The number of likely N-dealkylation sites (N-methyl/N-ethyl adjacent to an activating group) is 1. The number of nitrogen functional groups attached to an aromatic ring is 1. The molecule has 0 unspecified atom stereocenters. The van der Waals surface area contributed by atoms with Crippen LogP contribution in [0.1, 0.15) is 44.2 Å². The Morgan fingerprint density at radius 1 is 1.12 bits per heavy atom. The molecule has 1 aliphatic rings. The van der Waals surface area contributed by atoms with Crippen molar-refractivity contribution in [2.75, 3.05) is 32.1 Å². The van der Waals surface area contributed by atoms with Gasteiger partial charge in [0.2, 0.25) is 0 Å². The first-order valence-electron chi connectivity index (χ1n) is 11.7. The highest BCUT2D eigenvalue weighted by atomic mass is 16.6. The summed E-state index contributed by atoms with van der Waals surface area (Å²) in [5, 5.41) is 16.2. The van der Waals surface area contributed by atoms with Gasteiger partial charge in [0, 0.05) is 37.0 Å². The monoisotopic (exact) mass is 465 g/mol. The molecule has 0 aromatic heterocycles. The molecule has 1 fully saturated rings. The molecule has 8 nitrogen and oxygen atoms in total. The normalized spacial score (nSPS) is 14.9. The number of likely N-dealkylation sites (tertiary alicyclic amines) is 1. The fourth-order valence-corrected chi connectivity index (χ4v) is 4.24. The first-order valence-corrected chi connectivity index (χ1v) is 11.7. The van der Waals surface area contributed by atoms with Gasteiger partial charge in [-0.3, -0.25) is 10.8 Å². The maximum Gasteiger partial charge on any atom is 0.334 e. The maximum atomic E-state index is 13.4. The molecule has 2 aromatic carbocycles. The first kappa shape index (κ1) is 25.1. The van der Waals surface area contributed by atoms with Crippen LogP contribution in [-0.4, -0.2) is 55.8 Å². The average molecular weight is 466 g/mol. The number of methoxy groups -OCH3 is 1. The third-order valence-corrected chi connectivity index (χ3v) is 6.48. The van der Waals surface area contributed by atoms with Crippen LogP contribution < -0.4 is 20.1 Å². The molecule has 2 atom stereocenters. The maximum absolute atomic E-state index is 13.4. The Hall–Kier alpha value is -3.55. The lowest BCUT2D eigenvalue weighted by Gasteiger charge is -2.32. The van der Waals surface area contributed by atoms with Crippen molar-refractivity contribution < 1.29 is 14.3 Å². The van der Waals surface area contributed by atoms with Crippen LogP contribution in [0.5, 0.6) is 11.5 Å². The Labute approximate surface area is 201 Å². The van der Waals surface area contributed by atoms with E-state index in [9.17, 15) is 4.79 Å². The highest BCUT2D eigenvalue weighted by molar-refractivity contribution is 5.97. The summed E-state index contributed by atoms with van der Waals surface area (Å²) in [6.07, 6.45) is 2.96. The van der Waals surface area contributed by atoms with E-state index >= 15 is 0 Å². The molecule has 0 bridgehead atoms. The van der Waals surface area contributed by atoms with Crippen molar-refractivity contribution in [2.45, 2.75) is 39.2 Å². The summed E-state index contributed by atoms with van der Waals surface area (Å²) in [6.45, 7) is 5.80. The molecular weight excluding hydrogens is 430 g/mol. The van der Waals surface area contributed by atoms with E-state index in [1.807, 2.05) is 42.8 Å². The van der Waals surface area contributed by atoms with Gasteiger partial charge in [-0.1, -0.05) is 32.4 Å². The van der Waals surface area contributed by atoms with Gasteiger partial charge in [0.05, 0.1) is 7.11 Å². The molecule has 1 saturated heterocycles. The SMILES string of the molecule is CC[C@H](C)[C@@H](C(=O)Oc1ccc(C(=N)N2CCCC2)cc1OC)N(C)c1cccc(C(=N)N)c1. The van der Waals surface area contributed by atoms with Crippen LogP contribution in [0, 0.1) is 16.7 Å². The second-order valence-corrected chi connectivity index (χ2v) is 8.73. The van der Waals surface area contributed by atoms with Crippen molar-refractivity contribution in [1.29, 1.82) is 10.8 Å². The van der Waals surface area contributed by atoms with Gasteiger partial charge in [-0.25, -0.2) is 4.79 Å². The number of carbonyl (C=O) groups is 1. The zero-order valence-corrected chi connectivity index (χ0v) is 20.4. The molecule has 0 radical (unpaired) electrons. The molecule has 8 heteroatoms. The van der Waals surface area contributed by atoms with Crippen LogP contribution in [0.3, 0.4) is 0 Å². The van der Waals surface area contributed by atoms with E-state index in [1.54, 1.807) is 30.3 Å². The summed E-state index contributed by atoms with van der Waals surface area (Å²) in [5.41, 5.74) is 7.75. The number of amidine groups is 2. The van der Waals surface area contributed by atoms with Gasteiger partial charge in [0.15, 0.2) is 11.5 Å². The number of nitrogens with zero attached hydrogens (tertiary/aromatic N) is 2. The molecule has 0 spiro atoms. The topological polar surface area (TPSA) is 116 Å². The highest BCUT2D eigenvalue weighted by Gasteiger charge is 2.31. The number of carbonyl (C=O) groups excluding carboxylic acids is 1. The van der Waals surface area contributed by atoms with Gasteiger partial charge in [0.25, 0.3) is 0 Å². The quantitative estimate of drug-likeness (QED) is 0.224. The van der Waals surface area contributed by atoms with Crippen molar-refractivity contribution in [1.82, 2.24) is 4.90 Å². The fraction of sp³-hybridized carbons (Fsp3) is 0.423. The van der Waals surface area contributed by atoms with E-state index in [1.165, 1.54) is 7.11 Å². The van der Waals surface area contributed by atoms with E-state index in [2.05, 4.69) is 0 Å². The fourth-order valence-electron chi connectivity index (χ4n) is 4.24. The third kappa shape index (κ3) is 5.50. The van der Waals surface area contributed by atoms with Crippen molar-refractivity contribution >= 4 is 23.3 Å². The first-order chi connectivity index (χ1) is 16.3. The van der Waals surface area contributed by atoms with Crippen LogP contribution in [0.25, 0.3) is 0 Å². The number of hydrogen-bond donors (Lipinski definition) is 3. The number of ether oxygens (including phenoxy) is 2. The summed E-state index contributed by atoms with van der Waals surface area (Å²) in [4.78, 5) is 17.3. The molecule has 1 aliphatic heterocycles. The molecular formula is C26H35N5O3. The number of benzene rings is 2. The number of nitrogens with one attached hydrogen (secondary N) is 2. The lowest BCUT2D eigenvalue weighted by atomic mass is 9.97.